The van der Waals surface area contributed by atoms with Crippen LogP contribution in [0.2, 0.25) is 0 Å². The van der Waals surface area contributed by atoms with Crippen LogP contribution in [-0.2, 0) is 4.74 Å². The summed E-state index contributed by atoms with van der Waals surface area (Å²) in [5.41, 5.74) is 1.04. The number of methoxy groups -OCH3 is 1. The predicted molar refractivity (Wildman–Crippen MR) is 59.7 cm³/mol. The lowest BCUT2D eigenvalue weighted by molar-refractivity contribution is -0.152. The SMILES string of the molecule is COC1(C(O)c2cc(F)ccc2C)CCC1. The lowest BCUT2D eigenvalue weighted by Gasteiger charge is -2.44. The van der Waals surface area contributed by atoms with Gasteiger partial charge in [-0.1, -0.05) is 6.07 Å². The number of hydrogen-bond acceptors (Lipinski definition) is 2. The lowest BCUT2D eigenvalue weighted by atomic mass is 9.73. The Bertz CT molecular complexity index is 380. The van der Waals surface area contributed by atoms with Gasteiger partial charge in [0, 0.05) is 7.11 Å². The highest BCUT2D eigenvalue weighted by atomic mass is 19.1. The summed E-state index contributed by atoms with van der Waals surface area (Å²) < 4.78 is 18.6. The van der Waals surface area contributed by atoms with Gasteiger partial charge in [-0.05, 0) is 49.4 Å². The predicted octanol–water partition coefficient (Wildman–Crippen LogP) is 2.74. The first-order valence-corrected chi connectivity index (χ1v) is 5.58. The molecule has 1 fully saturated rings. The van der Waals surface area contributed by atoms with Crippen LogP contribution in [0.5, 0.6) is 0 Å². The molecule has 1 saturated carbocycles. The number of hydrogen-bond donors (Lipinski definition) is 1. The van der Waals surface area contributed by atoms with Crippen molar-refractivity contribution in [3.63, 3.8) is 0 Å². The number of ether oxygens (including phenoxy) is 1. The molecule has 1 aliphatic rings. The van der Waals surface area contributed by atoms with Gasteiger partial charge < -0.3 is 9.84 Å². The van der Waals surface area contributed by atoms with Crippen molar-refractivity contribution in [2.75, 3.05) is 7.11 Å². The second-order valence-electron chi connectivity index (χ2n) is 4.53. The van der Waals surface area contributed by atoms with Gasteiger partial charge in [0.1, 0.15) is 11.9 Å². The van der Waals surface area contributed by atoms with Crippen LogP contribution in [0, 0.1) is 12.7 Å². The largest absolute Gasteiger partial charge is 0.385 e. The third-order valence-electron chi connectivity index (χ3n) is 3.64. The van der Waals surface area contributed by atoms with Crippen molar-refractivity contribution in [1.82, 2.24) is 0 Å². The molecule has 0 radical (unpaired) electrons. The van der Waals surface area contributed by atoms with E-state index < -0.39 is 11.7 Å². The van der Waals surface area contributed by atoms with Gasteiger partial charge in [0.2, 0.25) is 0 Å². The summed E-state index contributed by atoms with van der Waals surface area (Å²) in [6.45, 7) is 1.88. The number of benzene rings is 1. The quantitative estimate of drug-likeness (QED) is 0.855. The number of aryl methyl sites for hydroxylation is 1. The molecule has 1 unspecified atom stereocenters. The van der Waals surface area contributed by atoms with Crippen LogP contribution < -0.4 is 0 Å². The summed E-state index contributed by atoms with van der Waals surface area (Å²) >= 11 is 0. The van der Waals surface area contributed by atoms with Gasteiger partial charge in [-0.3, -0.25) is 0 Å². The zero-order valence-electron chi connectivity index (χ0n) is 9.66. The summed E-state index contributed by atoms with van der Waals surface area (Å²) in [4.78, 5) is 0. The summed E-state index contributed by atoms with van der Waals surface area (Å²) in [6, 6.07) is 4.50. The first kappa shape index (κ1) is 11.6. The van der Waals surface area contributed by atoms with E-state index in [9.17, 15) is 9.50 Å². The third-order valence-corrected chi connectivity index (χ3v) is 3.64. The molecule has 0 aliphatic heterocycles. The van der Waals surface area contributed by atoms with Gasteiger partial charge in [-0.2, -0.15) is 0 Å². The summed E-state index contributed by atoms with van der Waals surface area (Å²) in [7, 11) is 1.61. The van der Waals surface area contributed by atoms with Crippen LogP contribution in [0.25, 0.3) is 0 Å². The van der Waals surface area contributed by atoms with Crippen molar-refractivity contribution >= 4 is 0 Å². The molecule has 2 rings (SSSR count). The average Bonchev–Trinajstić information content (AvgIpc) is 2.21. The van der Waals surface area contributed by atoms with E-state index in [0.717, 1.165) is 24.8 Å². The Balaban J connectivity index is 2.32. The molecule has 16 heavy (non-hydrogen) atoms. The summed E-state index contributed by atoms with van der Waals surface area (Å²) in [5.74, 6) is -0.315. The summed E-state index contributed by atoms with van der Waals surface area (Å²) in [6.07, 6.45) is 1.99. The van der Waals surface area contributed by atoms with E-state index in [0.29, 0.717) is 5.56 Å². The topological polar surface area (TPSA) is 29.5 Å². The first-order chi connectivity index (χ1) is 7.59. The molecular formula is C13H17FO2. The Labute approximate surface area is 95.1 Å². The maximum atomic E-state index is 13.2. The second-order valence-corrected chi connectivity index (χ2v) is 4.53. The van der Waals surface area contributed by atoms with Crippen molar-refractivity contribution in [3.05, 3.63) is 35.1 Å². The molecule has 0 amide bonds. The summed E-state index contributed by atoms with van der Waals surface area (Å²) in [5, 5.41) is 10.3. The minimum absolute atomic E-state index is 0.315. The van der Waals surface area contributed by atoms with E-state index in [1.807, 2.05) is 6.92 Å². The molecule has 2 nitrogen and oxygen atoms in total. The lowest BCUT2D eigenvalue weighted by Crippen LogP contribution is -2.45. The molecule has 0 spiro atoms. The van der Waals surface area contributed by atoms with Gasteiger partial charge in [-0.15, -0.1) is 0 Å². The highest BCUT2D eigenvalue weighted by Crippen LogP contribution is 2.45. The van der Waals surface area contributed by atoms with Crippen LogP contribution >= 0.6 is 0 Å². The molecule has 1 aromatic carbocycles. The molecule has 0 bridgehead atoms. The minimum atomic E-state index is -0.734. The first-order valence-electron chi connectivity index (χ1n) is 5.58. The van der Waals surface area contributed by atoms with E-state index in [-0.39, 0.29) is 5.82 Å². The zero-order chi connectivity index (χ0) is 11.8. The number of rotatable bonds is 3. The van der Waals surface area contributed by atoms with E-state index in [4.69, 9.17) is 4.74 Å². The smallest absolute Gasteiger partial charge is 0.123 e. The van der Waals surface area contributed by atoms with Crippen LogP contribution in [0.3, 0.4) is 0 Å². The number of aliphatic hydroxyl groups excluding tert-OH is 1. The van der Waals surface area contributed by atoms with E-state index in [1.54, 1.807) is 13.2 Å². The van der Waals surface area contributed by atoms with Crippen molar-refractivity contribution < 1.29 is 14.2 Å². The third kappa shape index (κ3) is 1.74. The van der Waals surface area contributed by atoms with Crippen molar-refractivity contribution in [1.29, 1.82) is 0 Å². The Morgan fingerprint density at radius 1 is 1.44 bits per heavy atom. The van der Waals surface area contributed by atoms with Crippen LogP contribution in [0.4, 0.5) is 4.39 Å². The molecule has 3 heteroatoms. The van der Waals surface area contributed by atoms with E-state index in [1.165, 1.54) is 12.1 Å². The molecule has 0 heterocycles. The molecule has 1 atom stereocenters. The van der Waals surface area contributed by atoms with Gasteiger partial charge >= 0.3 is 0 Å². The van der Waals surface area contributed by atoms with E-state index >= 15 is 0 Å². The normalized spacial score (nSPS) is 20.2. The maximum Gasteiger partial charge on any atom is 0.123 e. The van der Waals surface area contributed by atoms with Crippen LogP contribution in [0.15, 0.2) is 18.2 Å². The molecule has 0 aromatic heterocycles. The molecule has 88 valence electrons. The Hall–Kier alpha value is -0.930. The van der Waals surface area contributed by atoms with Crippen LogP contribution in [0.1, 0.15) is 36.5 Å². The average molecular weight is 224 g/mol. The number of aliphatic hydroxyl groups is 1. The Morgan fingerprint density at radius 3 is 2.62 bits per heavy atom. The highest BCUT2D eigenvalue weighted by molar-refractivity contribution is 5.31. The fourth-order valence-electron chi connectivity index (χ4n) is 2.30. The second kappa shape index (κ2) is 4.15. The van der Waals surface area contributed by atoms with Gasteiger partial charge in [0.25, 0.3) is 0 Å². The van der Waals surface area contributed by atoms with Gasteiger partial charge in [-0.25, -0.2) is 4.39 Å². The van der Waals surface area contributed by atoms with Crippen LogP contribution in [-0.4, -0.2) is 17.8 Å². The van der Waals surface area contributed by atoms with Crippen molar-refractivity contribution in [2.45, 2.75) is 37.9 Å². The molecule has 0 saturated heterocycles. The zero-order valence-corrected chi connectivity index (χ0v) is 9.66. The Morgan fingerprint density at radius 2 is 2.12 bits per heavy atom. The molecule has 1 aromatic rings. The van der Waals surface area contributed by atoms with E-state index in [2.05, 4.69) is 0 Å². The molecule has 1 N–H and O–H groups in total. The number of halogens is 1. The van der Waals surface area contributed by atoms with Gasteiger partial charge in [0.05, 0.1) is 5.60 Å². The van der Waals surface area contributed by atoms with Crippen molar-refractivity contribution in [2.24, 2.45) is 0 Å². The van der Waals surface area contributed by atoms with Gasteiger partial charge in [0.15, 0.2) is 0 Å². The Kier molecular flexibility index (Phi) is 3.00. The maximum absolute atomic E-state index is 13.2. The van der Waals surface area contributed by atoms with Crippen molar-refractivity contribution in [3.8, 4) is 0 Å². The molecule has 1 aliphatic carbocycles. The molecular weight excluding hydrogens is 207 g/mol. The standard InChI is InChI=1S/C13H17FO2/c1-9-4-5-10(14)8-11(9)12(15)13(16-2)6-3-7-13/h4-5,8,12,15H,3,6-7H2,1-2H3. The minimum Gasteiger partial charge on any atom is -0.385 e. The fourth-order valence-corrected chi connectivity index (χ4v) is 2.30. The highest BCUT2D eigenvalue weighted by Gasteiger charge is 2.44. The fraction of sp³-hybridized carbons (Fsp3) is 0.538. The monoisotopic (exact) mass is 224 g/mol.